The summed E-state index contributed by atoms with van der Waals surface area (Å²) >= 11 is 0. The van der Waals surface area contributed by atoms with Gasteiger partial charge in [-0.15, -0.1) is 0 Å². The predicted octanol–water partition coefficient (Wildman–Crippen LogP) is 2.68. The Balaban J connectivity index is 1.14. The lowest BCUT2D eigenvalue weighted by Crippen LogP contribution is -2.50. The lowest BCUT2D eigenvalue weighted by Gasteiger charge is -2.36. The molecule has 0 N–H and O–H groups in total. The number of amides is 2. The fraction of sp³-hybridized carbons (Fsp3) is 0.440. The highest BCUT2D eigenvalue weighted by molar-refractivity contribution is 6.00. The van der Waals surface area contributed by atoms with Gasteiger partial charge in [0, 0.05) is 51.4 Å². The zero-order valence-corrected chi connectivity index (χ0v) is 18.5. The van der Waals surface area contributed by atoms with E-state index in [1.807, 2.05) is 29.2 Å². The Morgan fingerprint density at radius 2 is 1.69 bits per heavy atom. The molecular weight excluding hydrogens is 406 g/mol. The summed E-state index contributed by atoms with van der Waals surface area (Å²) in [6.45, 7) is 6.72. The molecule has 2 aromatic rings. The smallest absolute Gasteiger partial charge is 0.231 e. The summed E-state index contributed by atoms with van der Waals surface area (Å²) in [6.07, 6.45) is 1.27. The SMILES string of the molecule is CCc1ccc(N2CC(C(=O)N3CCN(Cc4ccc5c(c4)OCO5)CC3)CC2=O)cc1. The highest BCUT2D eigenvalue weighted by Gasteiger charge is 2.38. The maximum absolute atomic E-state index is 13.1. The Kier molecular flexibility index (Phi) is 5.74. The molecule has 2 fully saturated rings. The molecule has 0 aromatic heterocycles. The standard InChI is InChI=1S/C25H29N3O4/c1-2-18-3-6-21(7-4-18)28-16-20(14-24(28)29)25(30)27-11-9-26(10-12-27)15-19-5-8-22-23(13-19)32-17-31-22/h3-8,13,20H,2,9-12,14-17H2,1H3. The lowest BCUT2D eigenvalue weighted by atomic mass is 10.1. The zero-order chi connectivity index (χ0) is 22.1. The molecule has 7 heteroatoms. The highest BCUT2D eigenvalue weighted by atomic mass is 16.7. The molecule has 1 atom stereocenters. The van der Waals surface area contributed by atoms with Gasteiger partial charge in [0.05, 0.1) is 5.92 Å². The number of hydrogen-bond acceptors (Lipinski definition) is 5. The minimum absolute atomic E-state index is 0.0362. The molecule has 168 valence electrons. The molecule has 0 saturated carbocycles. The Hall–Kier alpha value is -3.06. The normalized spacial score (nSPS) is 20.8. The topological polar surface area (TPSA) is 62.3 Å². The van der Waals surface area contributed by atoms with Crippen LogP contribution in [0.2, 0.25) is 0 Å². The first kappa shape index (κ1) is 20.8. The quantitative estimate of drug-likeness (QED) is 0.723. The van der Waals surface area contributed by atoms with Crippen LogP contribution < -0.4 is 14.4 Å². The number of rotatable bonds is 5. The molecule has 5 rings (SSSR count). The van der Waals surface area contributed by atoms with E-state index < -0.39 is 0 Å². The maximum Gasteiger partial charge on any atom is 0.231 e. The number of anilines is 1. The van der Waals surface area contributed by atoms with E-state index in [1.165, 1.54) is 11.1 Å². The van der Waals surface area contributed by atoms with Crippen LogP contribution in [-0.4, -0.2) is 61.1 Å². The molecule has 2 amide bonds. The van der Waals surface area contributed by atoms with Gasteiger partial charge in [0.25, 0.3) is 0 Å². The second-order valence-corrected chi connectivity index (χ2v) is 8.71. The van der Waals surface area contributed by atoms with E-state index in [-0.39, 0.29) is 24.5 Å². The third-order valence-corrected chi connectivity index (χ3v) is 6.66. The molecule has 3 aliphatic rings. The van der Waals surface area contributed by atoms with E-state index in [9.17, 15) is 9.59 Å². The van der Waals surface area contributed by atoms with Gasteiger partial charge in [0.1, 0.15) is 0 Å². The molecule has 0 spiro atoms. The molecule has 1 unspecified atom stereocenters. The Labute approximate surface area is 188 Å². The fourth-order valence-corrected chi connectivity index (χ4v) is 4.72. The van der Waals surface area contributed by atoms with Crippen LogP contribution in [-0.2, 0) is 22.6 Å². The molecule has 2 aromatic carbocycles. The molecule has 7 nitrogen and oxygen atoms in total. The average molecular weight is 436 g/mol. The summed E-state index contributed by atoms with van der Waals surface area (Å²) in [5.41, 5.74) is 3.31. The molecule has 2 saturated heterocycles. The molecule has 3 heterocycles. The van der Waals surface area contributed by atoms with Crippen molar-refractivity contribution >= 4 is 17.5 Å². The van der Waals surface area contributed by atoms with Gasteiger partial charge in [-0.3, -0.25) is 14.5 Å². The minimum atomic E-state index is -0.256. The van der Waals surface area contributed by atoms with Crippen molar-refractivity contribution in [3.05, 3.63) is 53.6 Å². The molecule has 0 bridgehead atoms. The van der Waals surface area contributed by atoms with Gasteiger partial charge in [0.2, 0.25) is 18.6 Å². The van der Waals surface area contributed by atoms with E-state index in [0.717, 1.165) is 43.2 Å². The predicted molar refractivity (Wildman–Crippen MR) is 121 cm³/mol. The second-order valence-electron chi connectivity index (χ2n) is 8.71. The number of nitrogens with zero attached hydrogens (tertiary/aromatic N) is 3. The number of carbonyl (C=O) groups is 2. The third-order valence-electron chi connectivity index (χ3n) is 6.66. The van der Waals surface area contributed by atoms with Crippen LogP contribution in [0.3, 0.4) is 0 Å². The Morgan fingerprint density at radius 1 is 0.969 bits per heavy atom. The Morgan fingerprint density at radius 3 is 2.44 bits per heavy atom. The van der Waals surface area contributed by atoms with E-state index in [1.54, 1.807) is 4.90 Å². The van der Waals surface area contributed by atoms with Crippen molar-refractivity contribution in [3.8, 4) is 11.5 Å². The van der Waals surface area contributed by atoms with Gasteiger partial charge in [-0.25, -0.2) is 0 Å². The summed E-state index contributed by atoms with van der Waals surface area (Å²) in [5.74, 6) is 1.48. The second kappa shape index (κ2) is 8.82. The lowest BCUT2D eigenvalue weighted by molar-refractivity contribution is -0.137. The number of fused-ring (bicyclic) bond motifs is 1. The van der Waals surface area contributed by atoms with E-state index >= 15 is 0 Å². The minimum Gasteiger partial charge on any atom is -0.454 e. The average Bonchev–Trinajstić information content (AvgIpc) is 3.45. The monoisotopic (exact) mass is 435 g/mol. The largest absolute Gasteiger partial charge is 0.454 e. The first-order valence-corrected chi connectivity index (χ1v) is 11.4. The summed E-state index contributed by atoms with van der Waals surface area (Å²) in [4.78, 5) is 31.7. The summed E-state index contributed by atoms with van der Waals surface area (Å²) in [6, 6.07) is 14.1. The molecular formula is C25H29N3O4. The van der Waals surface area contributed by atoms with Crippen molar-refractivity contribution in [2.75, 3.05) is 44.4 Å². The van der Waals surface area contributed by atoms with Crippen LogP contribution in [0, 0.1) is 5.92 Å². The number of ether oxygens (including phenoxy) is 2. The van der Waals surface area contributed by atoms with Crippen LogP contribution in [0.15, 0.2) is 42.5 Å². The zero-order valence-electron chi connectivity index (χ0n) is 18.5. The third kappa shape index (κ3) is 4.17. The number of hydrogen-bond donors (Lipinski definition) is 0. The van der Waals surface area contributed by atoms with Gasteiger partial charge in [-0.05, 0) is 41.8 Å². The Bertz CT molecular complexity index is 999. The van der Waals surface area contributed by atoms with E-state index in [0.29, 0.717) is 26.1 Å². The van der Waals surface area contributed by atoms with Crippen molar-refractivity contribution in [2.24, 2.45) is 5.92 Å². The first-order chi connectivity index (χ1) is 15.6. The summed E-state index contributed by atoms with van der Waals surface area (Å²) < 4.78 is 10.8. The number of piperazine rings is 1. The van der Waals surface area contributed by atoms with Crippen molar-refractivity contribution < 1.29 is 19.1 Å². The van der Waals surface area contributed by atoms with Crippen LogP contribution in [0.4, 0.5) is 5.69 Å². The van der Waals surface area contributed by atoms with Crippen LogP contribution in [0.5, 0.6) is 11.5 Å². The molecule has 3 aliphatic heterocycles. The van der Waals surface area contributed by atoms with Crippen molar-refractivity contribution in [3.63, 3.8) is 0 Å². The molecule has 0 radical (unpaired) electrons. The number of benzene rings is 2. The van der Waals surface area contributed by atoms with E-state index in [4.69, 9.17) is 9.47 Å². The number of carbonyl (C=O) groups excluding carboxylic acids is 2. The molecule has 0 aliphatic carbocycles. The van der Waals surface area contributed by atoms with Crippen molar-refractivity contribution in [1.82, 2.24) is 9.80 Å². The van der Waals surface area contributed by atoms with Crippen molar-refractivity contribution in [1.29, 1.82) is 0 Å². The first-order valence-electron chi connectivity index (χ1n) is 11.4. The van der Waals surface area contributed by atoms with Crippen molar-refractivity contribution in [2.45, 2.75) is 26.3 Å². The number of aryl methyl sites for hydroxylation is 1. The highest BCUT2D eigenvalue weighted by Crippen LogP contribution is 2.33. The van der Waals surface area contributed by atoms with Crippen LogP contribution >= 0.6 is 0 Å². The fourth-order valence-electron chi connectivity index (χ4n) is 4.72. The van der Waals surface area contributed by atoms with Crippen LogP contribution in [0.25, 0.3) is 0 Å². The van der Waals surface area contributed by atoms with E-state index in [2.05, 4.69) is 30.0 Å². The van der Waals surface area contributed by atoms with Gasteiger partial charge >= 0.3 is 0 Å². The summed E-state index contributed by atoms with van der Waals surface area (Å²) in [7, 11) is 0. The van der Waals surface area contributed by atoms with Crippen LogP contribution in [0.1, 0.15) is 24.5 Å². The van der Waals surface area contributed by atoms with Gasteiger partial charge in [-0.1, -0.05) is 25.1 Å². The van der Waals surface area contributed by atoms with Gasteiger partial charge in [-0.2, -0.15) is 0 Å². The maximum atomic E-state index is 13.1. The molecule has 32 heavy (non-hydrogen) atoms. The van der Waals surface area contributed by atoms with Gasteiger partial charge in [0.15, 0.2) is 11.5 Å². The summed E-state index contributed by atoms with van der Waals surface area (Å²) in [5, 5.41) is 0. The van der Waals surface area contributed by atoms with Gasteiger partial charge < -0.3 is 19.3 Å².